The number of fused-ring (bicyclic) bond motifs is 1. The molecule has 3 N–H and O–H groups in total. The van der Waals surface area contributed by atoms with Crippen LogP contribution < -0.4 is 24.8 Å². The summed E-state index contributed by atoms with van der Waals surface area (Å²) < 4.78 is 38.7. The molecule has 47 heavy (non-hydrogen) atoms. The van der Waals surface area contributed by atoms with E-state index in [1.165, 1.54) is 20.0 Å². The zero-order valence-electron chi connectivity index (χ0n) is 28.0. The Kier molecular flexibility index (Phi) is 9.94. The average Bonchev–Trinajstić information content (AvgIpc) is 3.51. The van der Waals surface area contributed by atoms with Crippen molar-refractivity contribution in [1.82, 2.24) is 14.8 Å². The van der Waals surface area contributed by atoms with Gasteiger partial charge < -0.3 is 20.1 Å². The first kappa shape index (κ1) is 34.0. The maximum absolute atomic E-state index is 13.4. The topological polar surface area (TPSA) is 125 Å². The minimum absolute atomic E-state index is 0.0591. The molecule has 5 rings (SSSR count). The number of likely N-dealkylation sites (tertiary alicyclic amines) is 1. The van der Waals surface area contributed by atoms with Gasteiger partial charge in [0.2, 0.25) is 10.0 Å². The molecule has 0 bridgehead atoms. The van der Waals surface area contributed by atoms with Crippen LogP contribution in [0.5, 0.6) is 17.2 Å². The van der Waals surface area contributed by atoms with Crippen LogP contribution in [0.3, 0.4) is 0 Å². The molecule has 0 aliphatic carbocycles. The Bertz CT molecular complexity index is 1870. The molecule has 2 amide bonds. The summed E-state index contributed by atoms with van der Waals surface area (Å²) in [6, 6.07) is 18.1. The van der Waals surface area contributed by atoms with Gasteiger partial charge in [0, 0.05) is 36.1 Å². The molecular formula is C35H44N6O5S. The lowest BCUT2D eigenvalue weighted by molar-refractivity contribution is 0.0990. The lowest BCUT2D eigenvalue weighted by atomic mass is 9.86. The van der Waals surface area contributed by atoms with Gasteiger partial charge in [0.05, 0.1) is 36.1 Å². The largest absolute Gasteiger partial charge is 0.492 e. The fraction of sp³-hybridized carbons (Fsp3) is 0.371. The highest BCUT2D eigenvalue weighted by Crippen LogP contribution is 2.40. The molecule has 1 saturated heterocycles. The summed E-state index contributed by atoms with van der Waals surface area (Å²) in [5, 5.41) is 7.41. The van der Waals surface area contributed by atoms with E-state index in [-0.39, 0.29) is 23.0 Å². The highest BCUT2D eigenvalue weighted by Gasteiger charge is 2.27. The number of ether oxygens (including phenoxy) is 2. The maximum Gasteiger partial charge on any atom is 0.323 e. The number of anilines is 3. The number of nitrogens with one attached hydrogen (secondary N) is 3. The summed E-state index contributed by atoms with van der Waals surface area (Å²) in [5.74, 6) is 1.52. The van der Waals surface area contributed by atoms with Crippen molar-refractivity contribution < 1.29 is 22.7 Å². The van der Waals surface area contributed by atoms with Gasteiger partial charge in [-0.1, -0.05) is 45.0 Å². The third-order valence-corrected chi connectivity index (χ3v) is 8.65. The van der Waals surface area contributed by atoms with Gasteiger partial charge in [-0.15, -0.1) is 0 Å². The molecule has 1 aromatic heterocycles. The van der Waals surface area contributed by atoms with Gasteiger partial charge in [0.25, 0.3) is 0 Å². The Hall–Kier alpha value is -4.39. The summed E-state index contributed by atoms with van der Waals surface area (Å²) in [4.78, 5) is 22.7. The first-order valence-electron chi connectivity index (χ1n) is 15.6. The summed E-state index contributed by atoms with van der Waals surface area (Å²) in [6.07, 6.45) is 5.27. The lowest BCUT2D eigenvalue weighted by Crippen LogP contribution is -2.36. The van der Waals surface area contributed by atoms with Crippen LogP contribution in [0.4, 0.5) is 21.9 Å². The van der Waals surface area contributed by atoms with E-state index in [0.717, 1.165) is 41.4 Å². The zero-order valence-corrected chi connectivity index (χ0v) is 28.9. The summed E-state index contributed by atoms with van der Waals surface area (Å²) >= 11 is 0. The predicted molar refractivity (Wildman–Crippen MR) is 188 cm³/mol. The maximum atomic E-state index is 13.4. The van der Waals surface area contributed by atoms with Crippen molar-refractivity contribution >= 4 is 43.9 Å². The number of pyridine rings is 1. The third kappa shape index (κ3) is 8.13. The van der Waals surface area contributed by atoms with E-state index in [0.29, 0.717) is 22.9 Å². The number of carbonyl (C=O) groups is 1. The predicted octanol–water partition coefficient (Wildman–Crippen LogP) is 7.00. The van der Waals surface area contributed by atoms with E-state index in [4.69, 9.17) is 9.47 Å². The monoisotopic (exact) mass is 660 g/mol. The number of rotatable bonds is 10. The van der Waals surface area contributed by atoms with E-state index in [2.05, 4.69) is 44.2 Å². The Balaban J connectivity index is 1.41. The molecule has 0 saturated carbocycles. The number of methoxy groups -OCH3 is 1. The first-order chi connectivity index (χ1) is 22.2. The Morgan fingerprint density at radius 2 is 1.60 bits per heavy atom. The Labute approximate surface area is 277 Å². The molecule has 1 aliphatic heterocycles. The van der Waals surface area contributed by atoms with E-state index < -0.39 is 16.1 Å². The molecule has 12 heteroatoms. The number of amides is 2. The number of carbonyl (C=O) groups excluding carboxylic acids is 1. The van der Waals surface area contributed by atoms with Crippen molar-refractivity contribution in [3.63, 3.8) is 0 Å². The molecule has 11 nitrogen and oxygen atoms in total. The molecule has 1 aliphatic rings. The molecular weight excluding hydrogens is 616 g/mol. The first-order valence-corrected chi connectivity index (χ1v) is 17.5. The van der Waals surface area contributed by atoms with E-state index in [1.807, 2.05) is 63.2 Å². The van der Waals surface area contributed by atoms with Crippen LogP contribution in [-0.2, 0) is 15.4 Å². The van der Waals surface area contributed by atoms with Crippen LogP contribution in [-0.4, -0.2) is 69.8 Å². The number of sulfonamides is 1. The molecule has 1 unspecified atom stereocenters. The van der Waals surface area contributed by atoms with E-state index in [9.17, 15) is 13.2 Å². The Morgan fingerprint density at radius 1 is 0.936 bits per heavy atom. The number of benzene rings is 3. The van der Waals surface area contributed by atoms with Gasteiger partial charge in [-0.25, -0.2) is 13.2 Å². The van der Waals surface area contributed by atoms with Crippen LogP contribution >= 0.6 is 0 Å². The van der Waals surface area contributed by atoms with Crippen molar-refractivity contribution in [3.8, 4) is 17.2 Å². The average molecular weight is 661 g/mol. The number of hydrogen-bond acceptors (Lipinski definition) is 8. The van der Waals surface area contributed by atoms with E-state index in [1.54, 1.807) is 24.4 Å². The van der Waals surface area contributed by atoms with Crippen molar-refractivity contribution in [2.75, 3.05) is 55.9 Å². The quantitative estimate of drug-likeness (QED) is 0.166. The number of aromatic nitrogens is 1. The number of urea groups is 1. The van der Waals surface area contributed by atoms with Crippen LogP contribution in [0.25, 0.3) is 10.8 Å². The van der Waals surface area contributed by atoms with Crippen molar-refractivity contribution in [2.45, 2.75) is 45.2 Å². The normalized spacial score (nSPS) is 14.6. The zero-order chi connectivity index (χ0) is 33.9. The summed E-state index contributed by atoms with van der Waals surface area (Å²) in [5.41, 5.74) is 2.53. The van der Waals surface area contributed by atoms with Gasteiger partial charge in [0.1, 0.15) is 17.7 Å². The second-order valence-corrected chi connectivity index (χ2v) is 14.8. The molecule has 3 aromatic carbocycles. The highest BCUT2D eigenvalue weighted by molar-refractivity contribution is 7.92. The molecule has 0 spiro atoms. The Morgan fingerprint density at radius 3 is 2.23 bits per heavy atom. The number of nitrogens with zero attached hydrogens (tertiary/aromatic N) is 3. The smallest absolute Gasteiger partial charge is 0.323 e. The molecule has 1 atom stereocenters. The minimum Gasteiger partial charge on any atom is -0.492 e. The van der Waals surface area contributed by atoms with Crippen molar-refractivity contribution in [1.29, 1.82) is 0 Å². The van der Waals surface area contributed by atoms with Gasteiger partial charge in [-0.2, -0.15) is 0 Å². The summed E-state index contributed by atoms with van der Waals surface area (Å²) in [6.45, 7) is 8.07. The van der Waals surface area contributed by atoms with Gasteiger partial charge >= 0.3 is 6.03 Å². The minimum atomic E-state index is -3.61. The number of hydrogen-bond donors (Lipinski definition) is 3. The molecule has 0 radical (unpaired) electrons. The molecule has 1 fully saturated rings. The van der Waals surface area contributed by atoms with Crippen molar-refractivity contribution in [2.24, 2.45) is 0 Å². The fourth-order valence-corrected chi connectivity index (χ4v) is 6.47. The van der Waals surface area contributed by atoms with Gasteiger partial charge in [-0.3, -0.25) is 19.5 Å². The van der Waals surface area contributed by atoms with Gasteiger partial charge in [-0.05, 0) is 68.2 Å². The standard InChI is InChI=1S/C35H44N6O5S/c1-35(2,3)23-20-28(32(45-6)29(21-23)39-47(7,43)44)38-34(42)37-27-14-15-31(26-13-9-8-12-25(26)27)46-24-16-17-36-30(22-24)33(40(4)5)41-18-10-11-19-41/h8-9,12-17,20-22,33,39H,10-11,18-19H2,1-7H3,(H2,37,38,42). The summed E-state index contributed by atoms with van der Waals surface area (Å²) in [7, 11) is 1.95. The van der Waals surface area contributed by atoms with Crippen LogP contribution in [0.15, 0.2) is 66.9 Å². The molecule has 250 valence electrons. The van der Waals surface area contributed by atoms with Gasteiger partial charge in [0.15, 0.2) is 5.75 Å². The third-order valence-electron chi connectivity index (χ3n) is 8.06. The van der Waals surface area contributed by atoms with Crippen LogP contribution in [0, 0.1) is 0 Å². The lowest BCUT2D eigenvalue weighted by Gasteiger charge is -2.32. The fourth-order valence-electron chi connectivity index (χ4n) is 5.92. The molecule has 2 heterocycles. The molecule has 4 aromatic rings. The van der Waals surface area contributed by atoms with Crippen molar-refractivity contribution in [3.05, 3.63) is 78.1 Å². The highest BCUT2D eigenvalue weighted by atomic mass is 32.2. The van der Waals surface area contributed by atoms with Crippen LogP contribution in [0.1, 0.15) is 51.0 Å². The second-order valence-electron chi connectivity index (χ2n) is 13.1. The second kappa shape index (κ2) is 13.8. The van der Waals surface area contributed by atoms with Crippen LogP contribution in [0.2, 0.25) is 0 Å². The van der Waals surface area contributed by atoms with E-state index >= 15 is 0 Å². The SMILES string of the molecule is COc1c(NC(=O)Nc2ccc(Oc3ccnc(C(N(C)C)N4CCCC4)c3)c3ccccc23)cc(C(C)(C)C)cc1NS(C)(=O)=O.